The number of hydrogen-bond donors (Lipinski definition) is 2. The van der Waals surface area contributed by atoms with Gasteiger partial charge in [0.1, 0.15) is 37.0 Å². The Morgan fingerprint density at radius 3 is 2.69 bits per heavy atom. The van der Waals surface area contributed by atoms with Crippen molar-refractivity contribution in [2.24, 2.45) is 5.41 Å². The number of anilines is 1. The Morgan fingerprint density at radius 1 is 1.26 bits per heavy atom. The Kier molecular flexibility index (Phi) is 8.35. The van der Waals surface area contributed by atoms with E-state index in [4.69, 9.17) is 9.47 Å². The van der Waals surface area contributed by atoms with E-state index in [0.717, 1.165) is 17.6 Å². The number of amides is 1. The lowest BCUT2D eigenvalue weighted by atomic mass is 9.92. The fourth-order valence-corrected chi connectivity index (χ4v) is 4.76. The first-order valence-corrected chi connectivity index (χ1v) is 13.7. The summed E-state index contributed by atoms with van der Waals surface area (Å²) in [6, 6.07) is 5.25. The van der Waals surface area contributed by atoms with E-state index in [9.17, 15) is 23.2 Å². The van der Waals surface area contributed by atoms with Gasteiger partial charge >= 0.3 is 12.2 Å². The smallest absolute Gasteiger partial charge is 0.405 e. The number of nitrogens with zero attached hydrogens (tertiary/aromatic N) is 7. The monoisotopic (exact) mass is 587 g/mol. The molecule has 1 saturated carbocycles. The minimum absolute atomic E-state index is 0.0402. The highest BCUT2D eigenvalue weighted by Crippen LogP contribution is 2.45. The molecule has 1 aliphatic carbocycles. The van der Waals surface area contributed by atoms with E-state index in [1.165, 1.54) is 6.07 Å². The summed E-state index contributed by atoms with van der Waals surface area (Å²) in [5.41, 5.74) is 0.649. The molecule has 0 bridgehead atoms. The molecule has 4 heterocycles. The third-order valence-corrected chi connectivity index (χ3v) is 7.41. The second-order valence-electron chi connectivity index (χ2n) is 10.9. The molecule has 0 spiro atoms. The van der Waals surface area contributed by atoms with Gasteiger partial charge in [-0.1, -0.05) is 0 Å². The number of halogens is 3. The van der Waals surface area contributed by atoms with Crippen LogP contribution in [-0.4, -0.2) is 95.6 Å². The minimum Gasteiger partial charge on any atom is -0.491 e. The zero-order valence-electron chi connectivity index (χ0n) is 23.4. The molecule has 5 rings (SSSR count). The summed E-state index contributed by atoms with van der Waals surface area (Å²) < 4.78 is 49.9. The molecule has 0 aromatic carbocycles. The molecule has 12 nitrogen and oxygen atoms in total. The van der Waals surface area contributed by atoms with Crippen LogP contribution in [0.2, 0.25) is 0 Å². The summed E-state index contributed by atoms with van der Waals surface area (Å²) in [5.74, 6) is 0.201. The number of pyridine rings is 1. The number of carbonyl (C=O) groups is 1. The largest absolute Gasteiger partial charge is 0.491 e. The summed E-state index contributed by atoms with van der Waals surface area (Å²) in [6.07, 6.45) is -0.139. The molecule has 0 unspecified atom stereocenters. The second kappa shape index (κ2) is 12.0. The number of piperidine rings is 1. The lowest BCUT2D eigenvalue weighted by Gasteiger charge is -2.32. The van der Waals surface area contributed by atoms with Crippen molar-refractivity contribution in [3.8, 4) is 17.8 Å². The van der Waals surface area contributed by atoms with Gasteiger partial charge in [-0.05, 0) is 45.8 Å². The van der Waals surface area contributed by atoms with E-state index in [-0.39, 0.29) is 24.2 Å². The number of aromatic amines is 1. The molecule has 3 aromatic heterocycles. The number of nitriles is 1. The summed E-state index contributed by atoms with van der Waals surface area (Å²) in [5, 5.41) is 19.6. The van der Waals surface area contributed by atoms with Crippen molar-refractivity contribution in [2.45, 2.75) is 37.8 Å². The Morgan fingerprint density at radius 2 is 2.02 bits per heavy atom. The van der Waals surface area contributed by atoms with Crippen molar-refractivity contribution in [1.29, 1.82) is 5.26 Å². The number of alkyl halides is 3. The molecule has 15 heteroatoms. The number of fused-ring (bicyclic) bond motifs is 1. The van der Waals surface area contributed by atoms with Crippen molar-refractivity contribution in [3.63, 3.8) is 0 Å². The average molecular weight is 588 g/mol. The molecule has 1 saturated heterocycles. The number of hydrogen-bond acceptors (Lipinski definition) is 10. The van der Waals surface area contributed by atoms with E-state index in [1.54, 1.807) is 6.20 Å². The van der Waals surface area contributed by atoms with Crippen LogP contribution in [0.25, 0.3) is 11.0 Å². The fraction of sp³-hybridized carbons (Fsp3) is 0.556. The highest BCUT2D eigenvalue weighted by Gasteiger charge is 2.44. The van der Waals surface area contributed by atoms with Gasteiger partial charge in [0, 0.05) is 37.8 Å². The average Bonchev–Trinajstić information content (AvgIpc) is 3.63. The van der Waals surface area contributed by atoms with Gasteiger partial charge in [-0.15, -0.1) is 0 Å². The summed E-state index contributed by atoms with van der Waals surface area (Å²) in [4.78, 5) is 29.4. The molecule has 224 valence electrons. The van der Waals surface area contributed by atoms with Crippen LogP contribution in [-0.2, 0) is 0 Å². The van der Waals surface area contributed by atoms with Crippen LogP contribution in [0, 0.1) is 16.7 Å². The van der Waals surface area contributed by atoms with E-state index in [1.807, 2.05) is 35.3 Å². The van der Waals surface area contributed by atoms with Gasteiger partial charge in [-0.25, -0.2) is 4.98 Å². The summed E-state index contributed by atoms with van der Waals surface area (Å²) in [7, 11) is 3.95. The molecule has 0 radical (unpaired) electrons. The lowest BCUT2D eigenvalue weighted by Crippen LogP contribution is -2.36. The molecule has 2 N–H and O–H groups in total. The fourth-order valence-electron chi connectivity index (χ4n) is 4.76. The number of rotatable bonds is 11. The molecule has 1 amide bonds. The van der Waals surface area contributed by atoms with Gasteiger partial charge in [-0.3, -0.25) is 9.89 Å². The van der Waals surface area contributed by atoms with Gasteiger partial charge < -0.3 is 24.6 Å². The quantitative estimate of drug-likeness (QED) is 0.343. The van der Waals surface area contributed by atoms with Crippen molar-refractivity contribution in [1.82, 2.24) is 35.4 Å². The van der Waals surface area contributed by atoms with Crippen LogP contribution in [0.3, 0.4) is 0 Å². The molecule has 3 aromatic rings. The Balaban J connectivity index is 1.32. The first-order chi connectivity index (χ1) is 20.1. The molecule has 2 aliphatic rings. The Bertz CT molecular complexity index is 1460. The van der Waals surface area contributed by atoms with Crippen LogP contribution < -0.4 is 19.7 Å². The summed E-state index contributed by atoms with van der Waals surface area (Å²) >= 11 is 0. The standard InChI is InChI=1S/C27H32F3N9O3/c1-38(2)11-12-41-19-3-8-32-23-21(19)22(36-37-23)17-4-9-39(10-5-17)20-13-18(24(40)33-15-27(28,29)30)34-25(35-20)42-16-26(14-31)6-7-26/h3,8,13,17H,4-7,9-12,15-16H2,1-2H3,(H,33,40)(H,32,36,37). The summed E-state index contributed by atoms with van der Waals surface area (Å²) in [6.45, 7) is 0.918. The maximum Gasteiger partial charge on any atom is 0.405 e. The van der Waals surface area contributed by atoms with Crippen molar-refractivity contribution in [3.05, 3.63) is 29.7 Å². The molecular weight excluding hydrogens is 555 g/mol. The molecule has 2 fully saturated rings. The third kappa shape index (κ3) is 6.99. The first kappa shape index (κ1) is 29.3. The van der Waals surface area contributed by atoms with Gasteiger partial charge in [0.2, 0.25) is 0 Å². The lowest BCUT2D eigenvalue weighted by molar-refractivity contribution is -0.123. The third-order valence-electron chi connectivity index (χ3n) is 7.41. The number of ether oxygens (including phenoxy) is 2. The van der Waals surface area contributed by atoms with E-state index in [2.05, 4.69) is 31.2 Å². The molecule has 42 heavy (non-hydrogen) atoms. The Labute approximate surface area is 240 Å². The van der Waals surface area contributed by atoms with Gasteiger partial charge in [0.15, 0.2) is 5.65 Å². The predicted molar refractivity (Wildman–Crippen MR) is 145 cm³/mol. The van der Waals surface area contributed by atoms with Gasteiger partial charge in [0.05, 0.1) is 22.6 Å². The van der Waals surface area contributed by atoms with E-state index < -0.39 is 24.0 Å². The Hall–Kier alpha value is -4.19. The molecular formula is C27H32F3N9O3. The second-order valence-corrected chi connectivity index (χ2v) is 10.9. The number of nitrogens with one attached hydrogen (secondary N) is 2. The number of likely N-dealkylation sites (N-methyl/N-ethyl adjacent to an activating group) is 1. The maximum absolute atomic E-state index is 12.7. The van der Waals surface area contributed by atoms with E-state index >= 15 is 0 Å². The van der Waals surface area contributed by atoms with Crippen LogP contribution in [0.15, 0.2) is 18.3 Å². The molecule has 1 aliphatic heterocycles. The predicted octanol–water partition coefficient (Wildman–Crippen LogP) is 3.05. The zero-order chi connectivity index (χ0) is 29.9. The number of carbonyl (C=O) groups excluding carboxylic acids is 1. The minimum atomic E-state index is -4.57. The van der Waals surface area contributed by atoms with Crippen LogP contribution in [0.5, 0.6) is 11.8 Å². The number of aromatic nitrogens is 5. The van der Waals surface area contributed by atoms with Gasteiger partial charge in [-0.2, -0.15) is 33.5 Å². The first-order valence-electron chi connectivity index (χ1n) is 13.7. The van der Waals surface area contributed by atoms with Crippen molar-refractivity contribution >= 4 is 22.8 Å². The SMILES string of the molecule is CN(C)CCOc1ccnc2n[nH]c(C3CCN(c4cc(C(=O)NCC(F)(F)F)nc(OCC5(C#N)CC5)n4)CC3)c12. The highest BCUT2D eigenvalue weighted by molar-refractivity contribution is 5.93. The van der Waals surface area contributed by atoms with E-state index in [0.29, 0.717) is 62.6 Å². The normalized spacial score (nSPS) is 16.8. The highest BCUT2D eigenvalue weighted by atomic mass is 19.4. The van der Waals surface area contributed by atoms with Crippen LogP contribution >= 0.6 is 0 Å². The zero-order valence-corrected chi connectivity index (χ0v) is 23.4. The molecule has 0 atom stereocenters. The van der Waals surface area contributed by atoms with Crippen molar-refractivity contribution in [2.75, 3.05) is 58.4 Å². The van der Waals surface area contributed by atoms with Crippen molar-refractivity contribution < 1.29 is 27.4 Å². The van der Waals surface area contributed by atoms with Crippen LogP contribution in [0.1, 0.15) is 47.8 Å². The number of H-pyrrole nitrogens is 1. The van der Waals surface area contributed by atoms with Gasteiger partial charge in [0.25, 0.3) is 5.91 Å². The topological polar surface area (TPSA) is 145 Å². The maximum atomic E-state index is 12.7. The van der Waals surface area contributed by atoms with Crippen LogP contribution in [0.4, 0.5) is 19.0 Å².